The summed E-state index contributed by atoms with van der Waals surface area (Å²) in [5, 5.41) is 17.9. The Bertz CT molecular complexity index is 3330. The predicted molar refractivity (Wildman–Crippen MR) is 237 cm³/mol. The van der Waals surface area contributed by atoms with Gasteiger partial charge < -0.3 is 4.57 Å². The van der Waals surface area contributed by atoms with Crippen LogP contribution < -0.4 is 0 Å². The lowest BCUT2D eigenvalue weighted by atomic mass is 9.86. The summed E-state index contributed by atoms with van der Waals surface area (Å²) in [6.45, 7) is 0. The van der Waals surface area contributed by atoms with Gasteiger partial charge >= 0.3 is 0 Å². The fraction of sp³-hybridized carbons (Fsp3) is 0. The lowest BCUT2D eigenvalue weighted by Crippen LogP contribution is -1.96. The first-order valence-electron chi connectivity index (χ1n) is 19.1. The highest BCUT2D eigenvalue weighted by Crippen LogP contribution is 2.48. The van der Waals surface area contributed by atoms with Gasteiger partial charge in [0, 0.05) is 27.2 Å². The predicted octanol–water partition coefficient (Wildman–Crippen LogP) is 15.0. The molecule has 0 fully saturated rings. The number of benzene rings is 11. The number of aromatic nitrogens is 1. The molecular formula is C54H33N. The van der Waals surface area contributed by atoms with Crippen LogP contribution >= 0.6 is 0 Å². The molecule has 254 valence electrons. The van der Waals surface area contributed by atoms with Crippen molar-refractivity contribution in [1.29, 1.82) is 0 Å². The zero-order valence-electron chi connectivity index (χ0n) is 30.0. The van der Waals surface area contributed by atoms with Crippen LogP contribution in [0.4, 0.5) is 0 Å². The lowest BCUT2D eigenvalue weighted by Gasteiger charge is -2.18. The summed E-state index contributed by atoms with van der Waals surface area (Å²) in [5.74, 6) is 0. The van der Waals surface area contributed by atoms with Crippen LogP contribution in [0.5, 0.6) is 0 Å². The van der Waals surface area contributed by atoms with Gasteiger partial charge in [-0.15, -0.1) is 0 Å². The summed E-state index contributed by atoms with van der Waals surface area (Å²) >= 11 is 0. The summed E-state index contributed by atoms with van der Waals surface area (Å²) in [5.41, 5.74) is 8.66. The van der Waals surface area contributed by atoms with Crippen LogP contribution in [0.1, 0.15) is 0 Å². The molecule has 0 aliphatic rings. The van der Waals surface area contributed by atoms with Crippen LogP contribution in [0.2, 0.25) is 0 Å². The smallest absolute Gasteiger partial charge is 0.0626 e. The van der Waals surface area contributed by atoms with Crippen molar-refractivity contribution in [3.63, 3.8) is 0 Å². The molecule has 12 rings (SSSR count). The second-order valence-corrected chi connectivity index (χ2v) is 14.7. The first-order chi connectivity index (χ1) is 27.3. The van der Waals surface area contributed by atoms with Crippen molar-refractivity contribution in [2.45, 2.75) is 0 Å². The minimum atomic E-state index is 1.15. The normalized spacial score (nSPS) is 12.0. The standard InChI is InChI=1S/C54H33N/c1-2-16-34(17-3-1)49-43-24-10-12-26-45(43)50(46-27-13-11-25-44(46)49)35-30-32-36(33-31-35)55-53-47-28-14-6-20-39(47)37-18-4-8-22-41(37)51(53)52-42-23-9-5-19-38(42)40-21-7-15-29-48(40)54(52)55/h1-33H. The number of nitrogens with zero attached hydrogens (tertiary/aromatic N) is 1. The highest BCUT2D eigenvalue weighted by Gasteiger charge is 2.23. The van der Waals surface area contributed by atoms with E-state index in [1.54, 1.807) is 0 Å². The topological polar surface area (TPSA) is 4.93 Å². The average Bonchev–Trinajstić information content (AvgIpc) is 3.63. The summed E-state index contributed by atoms with van der Waals surface area (Å²) < 4.78 is 2.56. The fourth-order valence-electron chi connectivity index (χ4n) is 9.72. The van der Waals surface area contributed by atoms with E-state index in [4.69, 9.17) is 0 Å². The van der Waals surface area contributed by atoms with E-state index in [2.05, 4.69) is 205 Å². The Hall–Kier alpha value is -7.22. The Morgan fingerprint density at radius 1 is 0.218 bits per heavy atom. The molecule has 0 aliphatic carbocycles. The van der Waals surface area contributed by atoms with Crippen molar-refractivity contribution < 1.29 is 0 Å². The third-order valence-corrected chi connectivity index (χ3v) is 11.9. The Morgan fingerprint density at radius 3 is 0.909 bits per heavy atom. The molecule has 1 aromatic heterocycles. The molecule has 1 heteroatoms. The van der Waals surface area contributed by atoms with Gasteiger partial charge in [0.2, 0.25) is 0 Å². The van der Waals surface area contributed by atoms with Gasteiger partial charge in [0.1, 0.15) is 0 Å². The number of fused-ring (bicyclic) bond motifs is 15. The second-order valence-electron chi connectivity index (χ2n) is 14.7. The molecule has 0 saturated heterocycles. The quantitative estimate of drug-likeness (QED) is 0.128. The van der Waals surface area contributed by atoms with Crippen LogP contribution in [-0.2, 0) is 0 Å². The summed E-state index contributed by atoms with van der Waals surface area (Å²) in [6, 6.07) is 73.9. The van der Waals surface area contributed by atoms with Crippen molar-refractivity contribution in [3.05, 3.63) is 200 Å². The third-order valence-electron chi connectivity index (χ3n) is 11.9. The first kappa shape index (κ1) is 30.3. The maximum atomic E-state index is 2.56. The van der Waals surface area contributed by atoms with E-state index in [1.807, 2.05) is 0 Å². The number of hydrogen-bond acceptors (Lipinski definition) is 0. The van der Waals surface area contributed by atoms with Crippen molar-refractivity contribution >= 4 is 86.4 Å². The molecule has 1 heterocycles. The van der Waals surface area contributed by atoms with E-state index in [0.29, 0.717) is 0 Å². The summed E-state index contributed by atoms with van der Waals surface area (Å²) in [4.78, 5) is 0. The van der Waals surface area contributed by atoms with Crippen LogP contribution in [-0.4, -0.2) is 4.57 Å². The molecule has 0 aliphatic heterocycles. The Labute approximate surface area is 317 Å². The zero-order chi connectivity index (χ0) is 36.0. The molecular weight excluding hydrogens is 663 g/mol. The lowest BCUT2D eigenvalue weighted by molar-refractivity contribution is 1.19. The maximum Gasteiger partial charge on any atom is 0.0626 e. The Kier molecular flexibility index (Phi) is 6.40. The molecule has 0 spiro atoms. The Morgan fingerprint density at radius 2 is 0.509 bits per heavy atom. The van der Waals surface area contributed by atoms with Crippen molar-refractivity contribution in [1.82, 2.24) is 4.57 Å². The van der Waals surface area contributed by atoms with E-state index in [9.17, 15) is 0 Å². The van der Waals surface area contributed by atoms with Gasteiger partial charge in [-0.1, -0.05) is 188 Å². The number of rotatable bonds is 3. The van der Waals surface area contributed by atoms with E-state index < -0.39 is 0 Å². The summed E-state index contributed by atoms with van der Waals surface area (Å²) in [7, 11) is 0. The molecule has 0 amide bonds. The minimum Gasteiger partial charge on any atom is -0.308 e. The van der Waals surface area contributed by atoms with Gasteiger partial charge in [-0.3, -0.25) is 0 Å². The average molecular weight is 696 g/mol. The van der Waals surface area contributed by atoms with Gasteiger partial charge in [0.15, 0.2) is 0 Å². The number of hydrogen-bond donors (Lipinski definition) is 0. The fourth-order valence-corrected chi connectivity index (χ4v) is 9.72. The van der Waals surface area contributed by atoms with Crippen molar-refractivity contribution in [2.75, 3.05) is 0 Å². The van der Waals surface area contributed by atoms with Crippen LogP contribution in [0.25, 0.3) is 114 Å². The van der Waals surface area contributed by atoms with Gasteiger partial charge in [0.05, 0.1) is 11.0 Å². The maximum absolute atomic E-state index is 2.56. The van der Waals surface area contributed by atoms with Crippen molar-refractivity contribution in [3.8, 4) is 27.9 Å². The van der Waals surface area contributed by atoms with E-state index in [-0.39, 0.29) is 0 Å². The molecule has 0 atom stereocenters. The third kappa shape index (κ3) is 4.24. The molecule has 0 unspecified atom stereocenters. The van der Waals surface area contributed by atoms with Crippen LogP contribution in [0, 0.1) is 0 Å². The molecule has 0 N–H and O–H groups in total. The van der Waals surface area contributed by atoms with E-state index >= 15 is 0 Å². The summed E-state index contributed by atoms with van der Waals surface area (Å²) in [6.07, 6.45) is 0. The van der Waals surface area contributed by atoms with E-state index in [0.717, 1.165) is 5.69 Å². The minimum absolute atomic E-state index is 1.15. The molecule has 11 aromatic carbocycles. The second kappa shape index (κ2) is 11.6. The molecule has 0 saturated carbocycles. The highest BCUT2D eigenvalue weighted by molar-refractivity contribution is 6.40. The first-order valence-corrected chi connectivity index (χ1v) is 19.1. The molecule has 0 radical (unpaired) electrons. The van der Waals surface area contributed by atoms with Gasteiger partial charge in [0.25, 0.3) is 0 Å². The highest BCUT2D eigenvalue weighted by atomic mass is 15.0. The van der Waals surface area contributed by atoms with Gasteiger partial charge in [-0.2, -0.15) is 0 Å². The Balaban J connectivity index is 1.21. The monoisotopic (exact) mass is 695 g/mol. The van der Waals surface area contributed by atoms with Gasteiger partial charge in [-0.25, -0.2) is 0 Å². The van der Waals surface area contributed by atoms with Crippen molar-refractivity contribution in [2.24, 2.45) is 0 Å². The van der Waals surface area contributed by atoms with Crippen LogP contribution in [0.3, 0.4) is 0 Å². The molecule has 12 aromatic rings. The zero-order valence-corrected chi connectivity index (χ0v) is 30.0. The van der Waals surface area contributed by atoms with Crippen LogP contribution in [0.15, 0.2) is 200 Å². The van der Waals surface area contributed by atoms with Gasteiger partial charge in [-0.05, 0) is 88.2 Å². The molecule has 0 bridgehead atoms. The largest absolute Gasteiger partial charge is 0.308 e. The molecule has 55 heavy (non-hydrogen) atoms. The SMILES string of the molecule is c1ccc(-c2c3ccccc3c(-c3ccc(-n4c5c6ccccc6c6ccccc6c5c5c6ccccc6c6ccccc6c54)cc3)c3ccccc23)cc1. The van der Waals surface area contributed by atoms with E-state index in [1.165, 1.54) is 109 Å². The molecule has 1 nitrogen and oxygen atoms in total.